The Morgan fingerprint density at radius 2 is 1.82 bits per heavy atom. The average molecular weight is 516 g/mol. The summed E-state index contributed by atoms with van der Waals surface area (Å²) in [4.78, 5) is 13.0. The quantitative estimate of drug-likeness (QED) is 0.450. The molecule has 0 aliphatic heterocycles. The fraction of sp³-hybridized carbons (Fsp3) is 0.167. The fourth-order valence-corrected chi connectivity index (χ4v) is 4.62. The zero-order valence-corrected chi connectivity index (χ0v) is 16.3. The van der Waals surface area contributed by atoms with Gasteiger partial charge >= 0.3 is 0 Å². The van der Waals surface area contributed by atoms with Gasteiger partial charge in [-0.15, -0.1) is 0 Å². The number of carbonyl (C=O) groups excluding carboxylic acids is 1. The summed E-state index contributed by atoms with van der Waals surface area (Å²) in [7, 11) is 0. The summed E-state index contributed by atoms with van der Waals surface area (Å²) >= 11 is 4.13. The lowest BCUT2D eigenvalue weighted by atomic mass is 9.95. The van der Waals surface area contributed by atoms with E-state index >= 15 is 0 Å². The second-order valence-electron chi connectivity index (χ2n) is 5.28. The maximum atomic E-state index is 13.0. The van der Waals surface area contributed by atoms with E-state index in [0.29, 0.717) is 12.7 Å². The highest BCUT2D eigenvalue weighted by Crippen LogP contribution is 2.37. The van der Waals surface area contributed by atoms with Crippen LogP contribution in [0, 0.1) is 7.14 Å². The summed E-state index contributed by atoms with van der Waals surface area (Å²) in [6, 6.07) is 11.7. The number of fused-ring (bicyclic) bond motifs is 1. The van der Waals surface area contributed by atoms with Crippen molar-refractivity contribution >= 4 is 56.5 Å². The number of hydrogen-bond acceptors (Lipinski definition) is 2. The van der Waals surface area contributed by atoms with Crippen LogP contribution in [0.3, 0.4) is 0 Å². The molecule has 0 spiro atoms. The number of hydrogen-bond donors (Lipinski definition) is 1. The Morgan fingerprint density at radius 1 is 1.18 bits per heavy atom. The van der Waals surface area contributed by atoms with E-state index in [2.05, 4.69) is 58.2 Å². The first kappa shape index (κ1) is 16.0. The number of benzene rings is 2. The van der Waals surface area contributed by atoms with Crippen LogP contribution in [0.25, 0.3) is 5.57 Å². The van der Waals surface area contributed by atoms with Crippen LogP contribution in [-0.2, 0) is 6.42 Å². The Kier molecular flexibility index (Phi) is 4.59. The number of ketones is 1. The molecule has 2 nitrogen and oxygen atoms in total. The fourth-order valence-electron chi connectivity index (χ4n) is 2.85. The minimum atomic E-state index is 0.0534. The van der Waals surface area contributed by atoms with Crippen LogP contribution < -0.4 is 0 Å². The van der Waals surface area contributed by atoms with Gasteiger partial charge in [-0.2, -0.15) is 0 Å². The third-order valence-corrected chi connectivity index (χ3v) is 5.62. The van der Waals surface area contributed by atoms with Gasteiger partial charge in [-0.05, 0) is 81.3 Å². The van der Waals surface area contributed by atoms with Gasteiger partial charge in [-0.1, -0.05) is 36.8 Å². The van der Waals surface area contributed by atoms with E-state index < -0.39 is 0 Å². The van der Waals surface area contributed by atoms with E-state index in [-0.39, 0.29) is 11.5 Å². The molecule has 0 bridgehead atoms. The molecule has 1 aliphatic carbocycles. The van der Waals surface area contributed by atoms with E-state index in [4.69, 9.17) is 0 Å². The van der Waals surface area contributed by atoms with Gasteiger partial charge in [0.2, 0.25) is 0 Å². The maximum Gasteiger partial charge on any atom is 0.193 e. The molecule has 0 aromatic heterocycles. The summed E-state index contributed by atoms with van der Waals surface area (Å²) in [5.41, 5.74) is 4.97. The summed E-state index contributed by atoms with van der Waals surface area (Å²) in [5, 5.41) is 9.90. The molecule has 0 unspecified atom stereocenters. The Bertz CT molecular complexity index is 783. The molecule has 3 rings (SSSR count). The van der Waals surface area contributed by atoms with E-state index in [9.17, 15) is 9.90 Å². The van der Waals surface area contributed by atoms with E-state index in [1.165, 1.54) is 11.1 Å². The first-order valence-corrected chi connectivity index (χ1v) is 9.21. The number of aromatic hydroxyl groups is 1. The minimum absolute atomic E-state index is 0.0534. The summed E-state index contributed by atoms with van der Waals surface area (Å²) < 4.78 is 1.41. The van der Waals surface area contributed by atoms with Crippen LogP contribution in [0.15, 0.2) is 42.0 Å². The van der Waals surface area contributed by atoms with Gasteiger partial charge in [0.25, 0.3) is 0 Å². The van der Waals surface area contributed by atoms with Crippen molar-refractivity contribution in [1.82, 2.24) is 0 Å². The molecule has 1 N–H and O–H groups in total. The predicted molar refractivity (Wildman–Crippen MR) is 105 cm³/mol. The van der Waals surface area contributed by atoms with Crippen LogP contribution in [0.5, 0.6) is 5.75 Å². The topological polar surface area (TPSA) is 37.3 Å². The number of phenolic OH excluding ortho intramolecular Hbond substituents is 1. The zero-order chi connectivity index (χ0) is 15.9. The predicted octanol–water partition coefficient (Wildman–Crippen LogP) is 5.20. The molecule has 112 valence electrons. The molecular formula is C18H14I2O2. The highest BCUT2D eigenvalue weighted by molar-refractivity contribution is 14.1. The molecule has 4 heteroatoms. The van der Waals surface area contributed by atoms with Crippen LogP contribution in [-0.4, -0.2) is 10.9 Å². The van der Waals surface area contributed by atoms with Crippen molar-refractivity contribution in [3.05, 3.63) is 65.8 Å². The van der Waals surface area contributed by atoms with Crippen molar-refractivity contribution < 1.29 is 9.90 Å². The number of Topliss-reactive ketones (excluding diaryl/α,β-unsaturated/α-hetero) is 1. The Balaban J connectivity index is 2.12. The van der Waals surface area contributed by atoms with Crippen molar-refractivity contribution in [3.8, 4) is 5.75 Å². The van der Waals surface area contributed by atoms with Crippen molar-refractivity contribution in [2.45, 2.75) is 19.8 Å². The molecule has 22 heavy (non-hydrogen) atoms. The standard InChI is InChI=1S/C18H14I2O2/c1-2-10-7-11-5-3-4-6-13(11)16(10)17(21)12-8-14(19)18(22)15(20)9-12/h3-6,8-9,22H,2,7H2,1H3. The third-order valence-electron chi connectivity index (χ3n) is 3.98. The number of allylic oxidation sites excluding steroid dienone is 2. The van der Waals surface area contributed by atoms with Crippen molar-refractivity contribution in [2.75, 3.05) is 0 Å². The Labute approximate surface area is 156 Å². The van der Waals surface area contributed by atoms with Gasteiger partial charge in [0, 0.05) is 11.1 Å². The molecule has 0 amide bonds. The van der Waals surface area contributed by atoms with E-state index in [0.717, 1.165) is 24.0 Å². The van der Waals surface area contributed by atoms with E-state index in [1.807, 2.05) is 18.2 Å². The van der Waals surface area contributed by atoms with Crippen LogP contribution in [0.1, 0.15) is 34.8 Å². The zero-order valence-electron chi connectivity index (χ0n) is 12.0. The van der Waals surface area contributed by atoms with E-state index in [1.54, 1.807) is 12.1 Å². The summed E-state index contributed by atoms with van der Waals surface area (Å²) in [6.45, 7) is 2.10. The molecule has 0 saturated heterocycles. The van der Waals surface area contributed by atoms with Crippen LogP contribution in [0.2, 0.25) is 0 Å². The van der Waals surface area contributed by atoms with Gasteiger partial charge < -0.3 is 5.11 Å². The van der Waals surface area contributed by atoms with Gasteiger partial charge in [0.05, 0.1) is 7.14 Å². The lowest BCUT2D eigenvalue weighted by Crippen LogP contribution is -2.04. The van der Waals surface area contributed by atoms with Gasteiger partial charge in [-0.3, -0.25) is 4.79 Å². The Hall–Kier alpha value is -0.890. The normalized spacial score (nSPS) is 13.4. The molecule has 2 aromatic rings. The average Bonchev–Trinajstić information content (AvgIpc) is 2.89. The third kappa shape index (κ3) is 2.71. The van der Waals surface area contributed by atoms with Gasteiger partial charge in [0.1, 0.15) is 5.75 Å². The summed E-state index contributed by atoms with van der Waals surface area (Å²) in [5.74, 6) is 0.298. The number of phenols is 1. The van der Waals surface area contributed by atoms with Crippen LogP contribution in [0.4, 0.5) is 0 Å². The maximum absolute atomic E-state index is 13.0. The molecule has 0 fully saturated rings. The Morgan fingerprint density at radius 3 is 2.45 bits per heavy atom. The largest absolute Gasteiger partial charge is 0.506 e. The molecule has 2 aromatic carbocycles. The molecule has 0 atom stereocenters. The second-order valence-corrected chi connectivity index (χ2v) is 7.61. The number of halogens is 2. The first-order valence-electron chi connectivity index (χ1n) is 7.06. The SMILES string of the molecule is CCC1=C(C(=O)c2cc(I)c(O)c(I)c2)c2ccccc2C1. The highest BCUT2D eigenvalue weighted by atomic mass is 127. The molecule has 1 aliphatic rings. The monoisotopic (exact) mass is 516 g/mol. The lowest BCUT2D eigenvalue weighted by Gasteiger charge is -2.09. The van der Waals surface area contributed by atoms with Gasteiger partial charge in [-0.25, -0.2) is 0 Å². The molecule has 0 heterocycles. The van der Waals surface area contributed by atoms with Crippen LogP contribution >= 0.6 is 45.2 Å². The highest BCUT2D eigenvalue weighted by Gasteiger charge is 2.26. The van der Waals surface area contributed by atoms with Gasteiger partial charge in [0.15, 0.2) is 5.78 Å². The lowest BCUT2D eigenvalue weighted by molar-refractivity contribution is 0.105. The number of rotatable bonds is 3. The molecular weight excluding hydrogens is 502 g/mol. The second kappa shape index (κ2) is 6.31. The van der Waals surface area contributed by atoms with Crippen molar-refractivity contribution in [3.63, 3.8) is 0 Å². The molecule has 0 radical (unpaired) electrons. The molecule has 0 saturated carbocycles. The smallest absolute Gasteiger partial charge is 0.193 e. The van der Waals surface area contributed by atoms with Crippen molar-refractivity contribution in [1.29, 1.82) is 0 Å². The number of carbonyl (C=O) groups is 1. The minimum Gasteiger partial charge on any atom is -0.506 e. The summed E-state index contributed by atoms with van der Waals surface area (Å²) in [6.07, 6.45) is 1.74. The first-order chi connectivity index (χ1) is 10.5. The van der Waals surface area contributed by atoms with Crippen molar-refractivity contribution in [2.24, 2.45) is 0 Å².